The molecule has 1 aromatic heterocycles. The summed E-state index contributed by atoms with van der Waals surface area (Å²) in [6.07, 6.45) is 2.53. The zero-order valence-corrected chi connectivity index (χ0v) is 12.3. The first-order chi connectivity index (χ1) is 9.84. The fourth-order valence-electron chi connectivity index (χ4n) is 3.87. The van der Waals surface area contributed by atoms with Crippen molar-refractivity contribution in [3.8, 4) is 0 Å². The molecule has 3 heterocycles. The summed E-state index contributed by atoms with van der Waals surface area (Å²) in [6.45, 7) is 9.23. The highest BCUT2D eigenvalue weighted by Crippen LogP contribution is 2.32. The largest absolute Gasteiger partial charge is 0.343 e. The molecule has 0 saturated carbocycles. The van der Waals surface area contributed by atoms with Crippen molar-refractivity contribution >= 4 is 10.9 Å². The lowest BCUT2D eigenvalue weighted by Gasteiger charge is -2.28. The normalized spacial score (nSPS) is 19.6. The topological polar surface area (TPSA) is 20.2 Å². The number of aromatic nitrogens is 1. The van der Waals surface area contributed by atoms with Crippen molar-refractivity contribution in [3.63, 3.8) is 0 Å². The van der Waals surface area contributed by atoms with Gasteiger partial charge in [-0.2, -0.15) is 0 Å². The lowest BCUT2D eigenvalue weighted by Crippen LogP contribution is -2.43. The van der Waals surface area contributed by atoms with Crippen molar-refractivity contribution in [2.75, 3.05) is 26.2 Å². The molecule has 2 aliphatic rings. The number of hydrogen-bond acceptors (Lipinski definition) is 2. The molecule has 20 heavy (non-hydrogen) atoms. The molecule has 2 aromatic rings. The fraction of sp³-hybridized carbons (Fsp3) is 0.529. The minimum atomic E-state index is 1.11. The van der Waals surface area contributed by atoms with E-state index < -0.39 is 0 Å². The summed E-state index contributed by atoms with van der Waals surface area (Å²) in [5.41, 5.74) is 6.11. The van der Waals surface area contributed by atoms with Gasteiger partial charge in [0.05, 0.1) is 5.52 Å². The molecule has 0 amide bonds. The molecule has 1 aromatic carbocycles. The first kappa shape index (κ1) is 12.4. The molecule has 2 aliphatic heterocycles. The summed E-state index contributed by atoms with van der Waals surface area (Å²) >= 11 is 0. The molecular formula is C17H23N3. The Kier molecular flexibility index (Phi) is 3.04. The molecule has 1 N–H and O–H groups in total. The minimum absolute atomic E-state index is 1.11. The minimum Gasteiger partial charge on any atom is -0.343 e. The highest BCUT2D eigenvalue weighted by molar-refractivity contribution is 5.88. The average Bonchev–Trinajstić information content (AvgIpc) is 2.77. The van der Waals surface area contributed by atoms with Crippen LogP contribution in [0.1, 0.15) is 23.2 Å². The van der Waals surface area contributed by atoms with Gasteiger partial charge in [0.15, 0.2) is 0 Å². The van der Waals surface area contributed by atoms with Crippen LogP contribution in [0.25, 0.3) is 10.9 Å². The maximum atomic E-state index is 3.44. The molecule has 0 spiro atoms. The second-order valence-electron chi connectivity index (χ2n) is 6.17. The van der Waals surface area contributed by atoms with Gasteiger partial charge in [-0.3, -0.25) is 4.90 Å². The first-order valence-corrected chi connectivity index (χ1v) is 7.87. The van der Waals surface area contributed by atoms with Crippen LogP contribution < -0.4 is 5.32 Å². The summed E-state index contributed by atoms with van der Waals surface area (Å²) in [5, 5.41) is 4.92. The number of hydrogen-bond donors (Lipinski definition) is 1. The maximum absolute atomic E-state index is 3.44. The van der Waals surface area contributed by atoms with Crippen molar-refractivity contribution < 1.29 is 0 Å². The molecule has 0 unspecified atom stereocenters. The van der Waals surface area contributed by atoms with Gasteiger partial charge in [0.2, 0.25) is 0 Å². The van der Waals surface area contributed by atoms with Gasteiger partial charge in [-0.05, 0) is 30.9 Å². The van der Waals surface area contributed by atoms with E-state index in [1.807, 2.05) is 0 Å². The SMILES string of the molecule is Cc1c(CN2CCNCC2)n2c3c(cccc13)CCC2. The van der Waals surface area contributed by atoms with E-state index in [4.69, 9.17) is 0 Å². The summed E-state index contributed by atoms with van der Waals surface area (Å²) in [4.78, 5) is 2.59. The molecule has 3 heteroatoms. The van der Waals surface area contributed by atoms with Crippen molar-refractivity contribution in [2.45, 2.75) is 32.9 Å². The van der Waals surface area contributed by atoms with Gasteiger partial charge < -0.3 is 9.88 Å². The number of piperazine rings is 1. The molecule has 0 atom stereocenters. The highest BCUT2D eigenvalue weighted by Gasteiger charge is 2.21. The second kappa shape index (κ2) is 4.90. The fourth-order valence-corrected chi connectivity index (χ4v) is 3.87. The van der Waals surface area contributed by atoms with Crippen LogP contribution in [0, 0.1) is 6.92 Å². The molecular weight excluding hydrogens is 246 g/mol. The van der Waals surface area contributed by atoms with E-state index in [1.165, 1.54) is 48.9 Å². The van der Waals surface area contributed by atoms with E-state index in [1.54, 1.807) is 11.3 Å². The Bertz CT molecular complexity index is 635. The monoisotopic (exact) mass is 269 g/mol. The highest BCUT2D eigenvalue weighted by atomic mass is 15.2. The Morgan fingerprint density at radius 2 is 2.00 bits per heavy atom. The van der Waals surface area contributed by atoms with Crippen LogP contribution in [0.3, 0.4) is 0 Å². The van der Waals surface area contributed by atoms with Gasteiger partial charge in [0.25, 0.3) is 0 Å². The van der Waals surface area contributed by atoms with Crippen molar-refractivity contribution in [1.82, 2.24) is 14.8 Å². The number of nitrogens with zero attached hydrogens (tertiary/aromatic N) is 2. The molecule has 106 valence electrons. The third-order valence-corrected chi connectivity index (χ3v) is 4.96. The second-order valence-corrected chi connectivity index (χ2v) is 6.17. The number of aryl methyl sites for hydroxylation is 3. The van der Waals surface area contributed by atoms with Gasteiger partial charge in [0.1, 0.15) is 0 Å². The Balaban J connectivity index is 1.79. The van der Waals surface area contributed by atoms with Crippen LogP contribution >= 0.6 is 0 Å². The van der Waals surface area contributed by atoms with Crippen LogP contribution in [-0.4, -0.2) is 35.6 Å². The predicted octanol–water partition coefficient (Wildman–Crippen LogP) is 2.30. The number of benzene rings is 1. The van der Waals surface area contributed by atoms with E-state index in [0.29, 0.717) is 0 Å². The molecule has 3 nitrogen and oxygen atoms in total. The number of rotatable bonds is 2. The third-order valence-electron chi connectivity index (χ3n) is 4.96. The summed E-state index contributed by atoms with van der Waals surface area (Å²) < 4.78 is 2.60. The van der Waals surface area contributed by atoms with Gasteiger partial charge in [-0.1, -0.05) is 18.2 Å². The maximum Gasteiger partial charge on any atom is 0.0518 e. The van der Waals surface area contributed by atoms with Crippen LogP contribution in [0.5, 0.6) is 0 Å². The third kappa shape index (κ3) is 1.88. The van der Waals surface area contributed by atoms with Gasteiger partial charge in [-0.15, -0.1) is 0 Å². The summed E-state index contributed by atoms with van der Waals surface area (Å²) in [5.74, 6) is 0. The Labute approximate surface area is 120 Å². The molecule has 1 fully saturated rings. The molecule has 1 saturated heterocycles. The standard InChI is InChI=1S/C17H23N3/c1-13-15-6-2-4-14-5-3-9-20(17(14)15)16(13)12-19-10-7-18-8-11-19/h2,4,6,18H,3,5,7-12H2,1H3. The van der Waals surface area contributed by atoms with Crippen LogP contribution in [0.4, 0.5) is 0 Å². The quantitative estimate of drug-likeness (QED) is 0.903. The number of para-hydroxylation sites is 1. The predicted molar refractivity (Wildman–Crippen MR) is 83.1 cm³/mol. The van der Waals surface area contributed by atoms with Gasteiger partial charge >= 0.3 is 0 Å². The molecule has 0 radical (unpaired) electrons. The van der Waals surface area contributed by atoms with Crippen LogP contribution in [0.2, 0.25) is 0 Å². The molecule has 0 bridgehead atoms. The zero-order valence-electron chi connectivity index (χ0n) is 12.3. The Morgan fingerprint density at radius 1 is 1.15 bits per heavy atom. The number of nitrogens with one attached hydrogen (secondary N) is 1. The van der Waals surface area contributed by atoms with Crippen LogP contribution in [-0.2, 0) is 19.5 Å². The summed E-state index contributed by atoms with van der Waals surface area (Å²) in [6, 6.07) is 6.85. The van der Waals surface area contributed by atoms with E-state index in [9.17, 15) is 0 Å². The lowest BCUT2D eigenvalue weighted by atomic mass is 10.0. The van der Waals surface area contributed by atoms with Crippen molar-refractivity contribution in [1.29, 1.82) is 0 Å². The van der Waals surface area contributed by atoms with E-state index in [-0.39, 0.29) is 0 Å². The Hall–Kier alpha value is -1.32. The van der Waals surface area contributed by atoms with Gasteiger partial charge in [-0.25, -0.2) is 0 Å². The Morgan fingerprint density at radius 3 is 2.85 bits per heavy atom. The molecule has 0 aliphatic carbocycles. The lowest BCUT2D eigenvalue weighted by molar-refractivity contribution is 0.227. The zero-order chi connectivity index (χ0) is 13.5. The molecule has 4 rings (SSSR count). The van der Waals surface area contributed by atoms with Crippen LogP contribution in [0.15, 0.2) is 18.2 Å². The average molecular weight is 269 g/mol. The van der Waals surface area contributed by atoms with E-state index in [2.05, 4.69) is 39.9 Å². The van der Waals surface area contributed by atoms with Gasteiger partial charge in [0, 0.05) is 50.3 Å². The van der Waals surface area contributed by atoms with Crippen molar-refractivity contribution in [2.24, 2.45) is 0 Å². The first-order valence-electron chi connectivity index (χ1n) is 7.87. The van der Waals surface area contributed by atoms with E-state index >= 15 is 0 Å². The van der Waals surface area contributed by atoms with E-state index in [0.717, 1.165) is 19.6 Å². The smallest absolute Gasteiger partial charge is 0.0518 e. The van der Waals surface area contributed by atoms with Crippen molar-refractivity contribution in [3.05, 3.63) is 35.0 Å². The summed E-state index contributed by atoms with van der Waals surface area (Å²) in [7, 11) is 0.